The van der Waals surface area contributed by atoms with Crippen molar-refractivity contribution < 1.29 is 4.74 Å². The number of nitrogens with zero attached hydrogens (tertiary/aromatic N) is 2. The van der Waals surface area contributed by atoms with Gasteiger partial charge >= 0.3 is 0 Å². The molecule has 0 saturated heterocycles. The Labute approximate surface area is 112 Å². The number of thiol groups is 1. The fourth-order valence-corrected chi connectivity index (χ4v) is 1.95. The summed E-state index contributed by atoms with van der Waals surface area (Å²) in [5.41, 5.74) is 3.13. The lowest BCUT2D eigenvalue weighted by Gasteiger charge is -2.10. The number of aromatic nitrogens is 2. The zero-order valence-electron chi connectivity index (χ0n) is 10.1. The summed E-state index contributed by atoms with van der Waals surface area (Å²) in [6, 6.07) is 7.73. The Balaban J connectivity index is 2.20. The topological polar surface area (TPSA) is 27.1 Å². The molecular formula is C14H14N2OS. The minimum Gasteiger partial charge on any atom is -0.472 e. The monoisotopic (exact) mass is 258 g/mol. The van der Waals surface area contributed by atoms with Crippen LogP contribution in [0.25, 0.3) is 0 Å². The summed E-state index contributed by atoms with van der Waals surface area (Å²) in [6.45, 7) is 2.52. The van der Waals surface area contributed by atoms with E-state index in [1.54, 1.807) is 12.3 Å². The summed E-state index contributed by atoms with van der Waals surface area (Å²) in [7, 11) is 0. The van der Waals surface area contributed by atoms with Gasteiger partial charge in [0.2, 0.25) is 5.88 Å². The first-order valence-corrected chi connectivity index (χ1v) is 6.09. The molecule has 3 nitrogen and oxygen atoms in total. The Morgan fingerprint density at radius 2 is 2.28 bits per heavy atom. The van der Waals surface area contributed by atoms with Gasteiger partial charge in [-0.05, 0) is 30.9 Å². The van der Waals surface area contributed by atoms with E-state index in [4.69, 9.17) is 11.2 Å². The maximum atomic E-state index is 5.62. The lowest BCUT2D eigenvalue weighted by molar-refractivity contribution is 0.291. The Morgan fingerprint density at radius 1 is 1.44 bits per heavy atom. The number of rotatable bonds is 4. The van der Waals surface area contributed by atoms with Crippen LogP contribution in [0.4, 0.5) is 0 Å². The van der Waals surface area contributed by atoms with Gasteiger partial charge in [-0.2, -0.15) is 0 Å². The molecular weight excluding hydrogens is 244 g/mol. The van der Waals surface area contributed by atoms with Crippen LogP contribution in [0, 0.1) is 12.3 Å². The fraction of sp³-hybridized carbons (Fsp3) is 0.214. The van der Waals surface area contributed by atoms with Gasteiger partial charge in [0, 0.05) is 23.4 Å². The number of hydrogen-bond donors (Lipinski definition) is 1. The van der Waals surface area contributed by atoms with Gasteiger partial charge in [-0.1, -0.05) is 25.0 Å². The molecule has 18 heavy (non-hydrogen) atoms. The summed E-state index contributed by atoms with van der Waals surface area (Å²) >= 11 is 4.06. The molecule has 92 valence electrons. The normalized spacial score (nSPS) is 10.1. The Kier molecular flexibility index (Phi) is 3.96. The third-order valence-electron chi connectivity index (χ3n) is 2.73. The van der Waals surface area contributed by atoms with Gasteiger partial charge in [-0.15, -0.1) is 11.5 Å². The third kappa shape index (κ3) is 2.69. The van der Waals surface area contributed by atoms with E-state index in [2.05, 4.69) is 36.8 Å². The number of aryl methyl sites for hydroxylation is 1. The first-order valence-electron chi connectivity index (χ1n) is 5.69. The number of ether oxygens (including phenoxy) is 1. The summed E-state index contributed by atoms with van der Waals surface area (Å²) in [5, 5.41) is 4.04. The molecule has 0 aliphatic rings. The van der Waals surface area contributed by atoms with Crippen molar-refractivity contribution in [3.63, 3.8) is 0 Å². The summed E-state index contributed by atoms with van der Waals surface area (Å²) in [5.74, 6) is 3.23. The molecule has 0 amide bonds. The largest absolute Gasteiger partial charge is 0.472 e. The zero-order chi connectivity index (χ0) is 13.0. The van der Waals surface area contributed by atoms with Crippen LogP contribution >= 0.6 is 12.8 Å². The fourth-order valence-electron chi connectivity index (χ4n) is 1.79. The molecule has 0 fully saturated rings. The Hall–Kier alpha value is -1.86. The minimum atomic E-state index is 0.425. The van der Waals surface area contributed by atoms with Crippen LogP contribution in [0.1, 0.15) is 23.6 Å². The van der Waals surface area contributed by atoms with Crippen molar-refractivity contribution in [3.8, 4) is 18.2 Å². The van der Waals surface area contributed by atoms with Crippen LogP contribution in [0.2, 0.25) is 0 Å². The molecule has 2 rings (SSSR count). The zero-order valence-corrected chi connectivity index (χ0v) is 11.0. The van der Waals surface area contributed by atoms with E-state index in [9.17, 15) is 0 Å². The number of benzene rings is 1. The average molecular weight is 258 g/mol. The van der Waals surface area contributed by atoms with E-state index in [0.717, 1.165) is 17.5 Å². The molecule has 0 saturated carbocycles. The molecule has 2 aromatic rings. The highest BCUT2D eigenvalue weighted by molar-refractivity contribution is 7.78. The molecule has 1 aromatic carbocycles. The number of terminal acetylenes is 1. The van der Waals surface area contributed by atoms with Gasteiger partial charge in [0.15, 0.2) is 0 Å². The maximum absolute atomic E-state index is 5.62. The molecule has 0 atom stereocenters. The third-order valence-corrected chi connectivity index (χ3v) is 2.95. The van der Waals surface area contributed by atoms with Crippen molar-refractivity contribution in [2.24, 2.45) is 0 Å². The van der Waals surface area contributed by atoms with Crippen molar-refractivity contribution in [1.29, 1.82) is 0 Å². The van der Waals surface area contributed by atoms with E-state index in [-0.39, 0.29) is 0 Å². The highest BCUT2D eigenvalue weighted by Gasteiger charge is 2.07. The van der Waals surface area contributed by atoms with Crippen LogP contribution in [0.15, 0.2) is 30.5 Å². The van der Waals surface area contributed by atoms with Gasteiger partial charge in [0.1, 0.15) is 6.61 Å². The van der Waals surface area contributed by atoms with Gasteiger partial charge in [-0.3, -0.25) is 0 Å². The summed E-state index contributed by atoms with van der Waals surface area (Å²) < 4.78 is 7.03. The van der Waals surface area contributed by atoms with Crippen LogP contribution in [0.3, 0.4) is 0 Å². The summed E-state index contributed by atoms with van der Waals surface area (Å²) in [6.07, 6.45) is 8.15. The predicted octanol–water partition coefficient (Wildman–Crippen LogP) is 2.70. The van der Waals surface area contributed by atoms with Gasteiger partial charge in [-0.25, -0.2) is 4.09 Å². The lowest BCUT2D eigenvalue weighted by Crippen LogP contribution is -2.03. The smallest absolute Gasteiger partial charge is 0.234 e. The second kappa shape index (κ2) is 5.65. The van der Waals surface area contributed by atoms with Crippen molar-refractivity contribution in [2.75, 3.05) is 0 Å². The molecule has 4 heteroatoms. The molecule has 0 bridgehead atoms. The molecule has 1 aromatic heterocycles. The lowest BCUT2D eigenvalue weighted by atomic mass is 10.0. The van der Waals surface area contributed by atoms with Crippen molar-refractivity contribution in [2.45, 2.75) is 20.0 Å². The maximum Gasteiger partial charge on any atom is 0.234 e. The van der Waals surface area contributed by atoms with Crippen LogP contribution in [-0.2, 0) is 13.0 Å². The SMILES string of the molecule is C#Cc1cccc(CC)c1COc1ccn(S)n1. The second-order valence-electron chi connectivity index (χ2n) is 3.80. The van der Waals surface area contributed by atoms with Crippen molar-refractivity contribution in [3.05, 3.63) is 47.2 Å². The van der Waals surface area contributed by atoms with Gasteiger partial charge in [0.05, 0.1) is 0 Å². The molecule has 0 spiro atoms. The summed E-state index contributed by atoms with van der Waals surface area (Å²) in [4.78, 5) is 0. The quantitative estimate of drug-likeness (QED) is 0.674. The van der Waals surface area contributed by atoms with Crippen LogP contribution < -0.4 is 4.74 Å². The molecule has 0 aliphatic heterocycles. The average Bonchev–Trinajstić information content (AvgIpc) is 2.81. The van der Waals surface area contributed by atoms with E-state index < -0.39 is 0 Å². The van der Waals surface area contributed by atoms with E-state index in [0.29, 0.717) is 12.5 Å². The second-order valence-corrected chi connectivity index (χ2v) is 4.21. The molecule has 0 N–H and O–H groups in total. The highest BCUT2D eigenvalue weighted by atomic mass is 32.1. The minimum absolute atomic E-state index is 0.425. The van der Waals surface area contributed by atoms with E-state index in [1.165, 1.54) is 9.65 Å². The molecule has 0 radical (unpaired) electrons. The van der Waals surface area contributed by atoms with Crippen LogP contribution in [-0.4, -0.2) is 9.19 Å². The van der Waals surface area contributed by atoms with E-state index >= 15 is 0 Å². The number of hydrogen-bond acceptors (Lipinski definition) is 3. The van der Waals surface area contributed by atoms with Crippen molar-refractivity contribution in [1.82, 2.24) is 9.19 Å². The van der Waals surface area contributed by atoms with Gasteiger partial charge < -0.3 is 4.74 Å². The standard InChI is InChI=1S/C14H14N2OS/c1-3-11-6-5-7-12(4-2)13(11)10-17-14-8-9-16(18)15-14/h1,5-9,18H,4,10H2,2H3. The first kappa shape index (κ1) is 12.6. The van der Waals surface area contributed by atoms with Crippen molar-refractivity contribution >= 4 is 12.8 Å². The molecule has 0 unspecified atom stereocenters. The highest BCUT2D eigenvalue weighted by Crippen LogP contribution is 2.18. The molecule has 1 heterocycles. The predicted molar refractivity (Wildman–Crippen MR) is 74.7 cm³/mol. The molecule has 0 aliphatic carbocycles. The van der Waals surface area contributed by atoms with E-state index in [1.807, 2.05) is 12.1 Å². The Morgan fingerprint density at radius 3 is 2.89 bits per heavy atom. The Bertz CT molecular complexity index is 584. The van der Waals surface area contributed by atoms with Gasteiger partial charge in [0.25, 0.3) is 0 Å². The first-order chi connectivity index (χ1) is 8.74. The van der Waals surface area contributed by atoms with Crippen LogP contribution in [0.5, 0.6) is 5.88 Å².